The van der Waals surface area contributed by atoms with E-state index in [1.807, 2.05) is 34.8 Å². The van der Waals surface area contributed by atoms with Gasteiger partial charge in [0.15, 0.2) is 5.82 Å². The number of benzene rings is 2. The lowest BCUT2D eigenvalue weighted by Crippen LogP contribution is -1.92. The summed E-state index contributed by atoms with van der Waals surface area (Å²) in [4.78, 5) is 0.806. The van der Waals surface area contributed by atoms with Crippen molar-refractivity contribution >= 4 is 27.9 Å². The molecule has 0 aliphatic rings. The number of rotatable bonds is 3. The Labute approximate surface area is 144 Å². The Kier molecular flexibility index (Phi) is 3.70. The van der Waals surface area contributed by atoms with E-state index in [2.05, 4.69) is 59.5 Å². The first-order chi connectivity index (χ1) is 11.7. The Hall–Kier alpha value is -2.79. The maximum Gasteiger partial charge on any atom is 0.235 e. The van der Waals surface area contributed by atoms with E-state index in [4.69, 9.17) is 0 Å². The molecule has 2 heterocycles. The molecule has 0 aliphatic heterocycles. The van der Waals surface area contributed by atoms with Gasteiger partial charge < -0.3 is 0 Å². The van der Waals surface area contributed by atoms with E-state index >= 15 is 0 Å². The minimum atomic E-state index is 0.788. The molecule has 0 atom stereocenters. The highest BCUT2D eigenvalue weighted by molar-refractivity contribution is 7.17. The summed E-state index contributed by atoms with van der Waals surface area (Å²) in [6.07, 6.45) is 2.09. The van der Waals surface area contributed by atoms with Crippen LogP contribution in [-0.4, -0.2) is 19.8 Å². The molecule has 5 heteroatoms. The lowest BCUT2D eigenvalue weighted by molar-refractivity contribution is 0.958. The third kappa shape index (κ3) is 2.63. The van der Waals surface area contributed by atoms with E-state index in [1.54, 1.807) is 11.3 Å². The highest BCUT2D eigenvalue weighted by atomic mass is 32.1. The zero-order chi connectivity index (χ0) is 16.5. The van der Waals surface area contributed by atoms with Gasteiger partial charge in [0.05, 0.1) is 0 Å². The van der Waals surface area contributed by atoms with E-state index < -0.39 is 0 Å². The fourth-order valence-corrected chi connectivity index (χ4v) is 3.49. The number of aryl methyl sites for hydroxylation is 1. The molecular formula is C19H16N4S. The van der Waals surface area contributed by atoms with Crippen LogP contribution >= 0.6 is 11.3 Å². The lowest BCUT2D eigenvalue weighted by Gasteiger charge is -2.01. The van der Waals surface area contributed by atoms with Crippen molar-refractivity contribution in [3.8, 4) is 11.4 Å². The van der Waals surface area contributed by atoms with Crippen molar-refractivity contribution in [2.75, 3.05) is 0 Å². The van der Waals surface area contributed by atoms with Crippen molar-refractivity contribution in [1.82, 2.24) is 19.8 Å². The smallest absolute Gasteiger partial charge is 0.182 e. The van der Waals surface area contributed by atoms with E-state index in [0.717, 1.165) is 26.9 Å². The molecule has 0 saturated heterocycles. The zero-order valence-corrected chi connectivity index (χ0v) is 14.3. The molecule has 0 saturated carbocycles. The van der Waals surface area contributed by atoms with Gasteiger partial charge in [0, 0.05) is 5.56 Å². The summed E-state index contributed by atoms with van der Waals surface area (Å²) in [5, 5.41) is 14.2. The molecule has 0 aliphatic carbocycles. The monoisotopic (exact) mass is 332 g/mol. The maximum absolute atomic E-state index is 4.69. The minimum absolute atomic E-state index is 0.788. The molecule has 4 aromatic rings. The molecule has 0 fully saturated rings. The SMILES string of the molecule is C/C(=C/c1nn2c(-c3ccccc3C)nnc2s1)c1ccccc1. The normalized spacial score (nSPS) is 12.0. The van der Waals surface area contributed by atoms with Gasteiger partial charge in [-0.1, -0.05) is 65.9 Å². The first kappa shape index (κ1) is 14.8. The lowest BCUT2D eigenvalue weighted by atomic mass is 10.1. The molecule has 0 amide bonds. The third-order valence-electron chi connectivity index (χ3n) is 3.96. The molecule has 2 aromatic heterocycles. The second kappa shape index (κ2) is 6.02. The number of allylic oxidation sites excluding steroid dienone is 1. The average molecular weight is 332 g/mol. The van der Waals surface area contributed by atoms with Gasteiger partial charge in [-0.2, -0.15) is 9.61 Å². The Morgan fingerprint density at radius 2 is 1.75 bits per heavy atom. The molecule has 118 valence electrons. The quantitative estimate of drug-likeness (QED) is 0.545. The van der Waals surface area contributed by atoms with Crippen molar-refractivity contribution in [2.24, 2.45) is 0 Å². The standard InChI is InChI=1S/C19H16N4S/c1-13-8-6-7-11-16(13)18-20-21-19-23(18)22-17(24-19)12-14(2)15-9-4-3-5-10-15/h3-12H,1-2H3/b14-12-. The van der Waals surface area contributed by atoms with Gasteiger partial charge in [-0.05, 0) is 36.6 Å². The van der Waals surface area contributed by atoms with Crippen LogP contribution in [0.1, 0.15) is 23.1 Å². The minimum Gasteiger partial charge on any atom is -0.182 e. The van der Waals surface area contributed by atoms with Crippen LogP contribution in [0.25, 0.3) is 28.0 Å². The number of aromatic nitrogens is 4. The van der Waals surface area contributed by atoms with E-state index in [9.17, 15) is 0 Å². The Bertz CT molecular complexity index is 1030. The summed E-state index contributed by atoms with van der Waals surface area (Å²) in [5.41, 5.74) is 4.60. The first-order valence-electron chi connectivity index (χ1n) is 7.74. The predicted octanol–water partition coefficient (Wildman–Crippen LogP) is 4.72. The van der Waals surface area contributed by atoms with Gasteiger partial charge in [0.25, 0.3) is 0 Å². The van der Waals surface area contributed by atoms with Crippen molar-refractivity contribution in [3.63, 3.8) is 0 Å². The highest BCUT2D eigenvalue weighted by Gasteiger charge is 2.14. The molecule has 24 heavy (non-hydrogen) atoms. The van der Waals surface area contributed by atoms with E-state index in [0.29, 0.717) is 0 Å². The molecule has 0 bridgehead atoms. The highest BCUT2D eigenvalue weighted by Crippen LogP contribution is 2.26. The number of fused-ring (bicyclic) bond motifs is 1. The van der Waals surface area contributed by atoms with Gasteiger partial charge in [-0.15, -0.1) is 10.2 Å². The van der Waals surface area contributed by atoms with Crippen LogP contribution in [0.15, 0.2) is 54.6 Å². The van der Waals surface area contributed by atoms with Gasteiger partial charge in [0.2, 0.25) is 4.96 Å². The van der Waals surface area contributed by atoms with Crippen LogP contribution in [0.4, 0.5) is 0 Å². The number of nitrogens with zero attached hydrogens (tertiary/aromatic N) is 4. The van der Waals surface area contributed by atoms with E-state index in [-0.39, 0.29) is 0 Å². The van der Waals surface area contributed by atoms with Gasteiger partial charge >= 0.3 is 0 Å². The van der Waals surface area contributed by atoms with E-state index in [1.165, 1.54) is 11.1 Å². The van der Waals surface area contributed by atoms with Crippen LogP contribution in [0.5, 0.6) is 0 Å². The molecule has 0 N–H and O–H groups in total. The van der Waals surface area contributed by atoms with Gasteiger partial charge in [-0.25, -0.2) is 0 Å². The van der Waals surface area contributed by atoms with Gasteiger partial charge in [0.1, 0.15) is 5.01 Å². The summed E-state index contributed by atoms with van der Waals surface area (Å²) >= 11 is 1.54. The summed E-state index contributed by atoms with van der Waals surface area (Å²) in [6.45, 7) is 4.17. The number of hydrogen-bond acceptors (Lipinski definition) is 4. The molecule has 4 nitrogen and oxygen atoms in total. The van der Waals surface area contributed by atoms with Crippen LogP contribution in [0.3, 0.4) is 0 Å². The second-order valence-electron chi connectivity index (χ2n) is 5.67. The van der Waals surface area contributed by atoms with Crippen LogP contribution in [0.2, 0.25) is 0 Å². The zero-order valence-electron chi connectivity index (χ0n) is 13.5. The largest absolute Gasteiger partial charge is 0.235 e. The Morgan fingerprint density at radius 3 is 2.54 bits per heavy atom. The molecular weight excluding hydrogens is 316 g/mol. The van der Waals surface area contributed by atoms with Crippen molar-refractivity contribution < 1.29 is 0 Å². The first-order valence-corrected chi connectivity index (χ1v) is 8.56. The van der Waals surface area contributed by atoms with Gasteiger partial charge in [-0.3, -0.25) is 0 Å². The molecule has 0 radical (unpaired) electrons. The van der Waals surface area contributed by atoms with Crippen molar-refractivity contribution in [3.05, 3.63) is 70.7 Å². The summed E-state index contributed by atoms with van der Waals surface area (Å²) in [5.74, 6) is 0.788. The summed E-state index contributed by atoms with van der Waals surface area (Å²) in [7, 11) is 0. The van der Waals surface area contributed by atoms with Crippen LogP contribution in [-0.2, 0) is 0 Å². The maximum atomic E-state index is 4.69. The second-order valence-corrected chi connectivity index (χ2v) is 6.65. The van der Waals surface area contributed by atoms with Crippen molar-refractivity contribution in [2.45, 2.75) is 13.8 Å². The van der Waals surface area contributed by atoms with Crippen LogP contribution < -0.4 is 0 Å². The average Bonchev–Trinajstić information content (AvgIpc) is 3.16. The fraction of sp³-hybridized carbons (Fsp3) is 0.105. The topological polar surface area (TPSA) is 43.1 Å². The fourth-order valence-electron chi connectivity index (χ4n) is 2.65. The predicted molar refractivity (Wildman–Crippen MR) is 98.8 cm³/mol. The Balaban J connectivity index is 1.77. The molecule has 0 spiro atoms. The van der Waals surface area contributed by atoms with Crippen molar-refractivity contribution in [1.29, 1.82) is 0 Å². The van der Waals surface area contributed by atoms with Crippen LogP contribution in [0, 0.1) is 6.92 Å². The molecule has 4 rings (SSSR count). The summed E-state index contributed by atoms with van der Waals surface area (Å²) in [6, 6.07) is 18.5. The Morgan fingerprint density at radius 1 is 1.00 bits per heavy atom. The summed E-state index contributed by atoms with van der Waals surface area (Å²) < 4.78 is 1.83. The molecule has 2 aromatic carbocycles. The number of hydrogen-bond donors (Lipinski definition) is 0. The molecule has 0 unspecified atom stereocenters. The third-order valence-corrected chi connectivity index (χ3v) is 4.81.